The molecule has 4 rings (SSSR count). The summed E-state index contributed by atoms with van der Waals surface area (Å²) in [4.78, 5) is 12.2. The lowest BCUT2D eigenvalue weighted by molar-refractivity contribution is 0.0900. The van der Waals surface area contributed by atoms with Crippen molar-refractivity contribution in [2.45, 2.75) is 12.7 Å². The quantitative estimate of drug-likeness (QED) is 0.744. The van der Waals surface area contributed by atoms with Crippen LogP contribution in [0, 0.1) is 0 Å². The van der Waals surface area contributed by atoms with Crippen LogP contribution < -0.4 is 15.4 Å². The number of hydrogen-bond acceptors (Lipinski definition) is 4. The highest BCUT2D eigenvalue weighted by Gasteiger charge is 2.27. The van der Waals surface area contributed by atoms with Crippen LogP contribution in [0.1, 0.15) is 22.2 Å². The predicted octanol–water partition coefficient (Wildman–Crippen LogP) is 2.59. The average Bonchev–Trinajstić information content (AvgIpc) is 3.15. The summed E-state index contributed by atoms with van der Waals surface area (Å²) in [6.45, 7) is 1.21. The lowest BCUT2D eigenvalue weighted by atomic mass is 10.1. The summed E-state index contributed by atoms with van der Waals surface area (Å²) in [5.74, 6) is 0.688. The minimum atomic E-state index is -0.102. The van der Waals surface area contributed by atoms with Gasteiger partial charge in [0.2, 0.25) is 0 Å². The van der Waals surface area contributed by atoms with Crippen LogP contribution in [0.5, 0.6) is 5.75 Å². The highest BCUT2D eigenvalue weighted by atomic mass is 16.5. The number of ether oxygens (including phenoxy) is 1. The summed E-state index contributed by atoms with van der Waals surface area (Å²) in [6, 6.07) is 19.7. The van der Waals surface area contributed by atoms with Crippen molar-refractivity contribution in [3.8, 4) is 17.0 Å². The second kappa shape index (κ2) is 7.01. The van der Waals surface area contributed by atoms with Gasteiger partial charge in [0.15, 0.2) is 0 Å². The first-order valence-electron chi connectivity index (χ1n) is 8.54. The van der Waals surface area contributed by atoms with Crippen molar-refractivity contribution in [1.82, 2.24) is 20.4 Å². The Morgan fingerprint density at radius 1 is 1.19 bits per heavy atom. The first-order chi connectivity index (χ1) is 12.7. The largest absolute Gasteiger partial charge is 0.497 e. The summed E-state index contributed by atoms with van der Waals surface area (Å²) in [6.07, 6.45) is -0.0881. The number of carbonyl (C=O) groups excluding carboxylic acids is 1. The second-order valence-corrected chi connectivity index (χ2v) is 6.18. The molecule has 0 saturated heterocycles. The van der Waals surface area contributed by atoms with Gasteiger partial charge in [0, 0.05) is 12.1 Å². The van der Waals surface area contributed by atoms with E-state index < -0.39 is 0 Å². The maximum Gasteiger partial charge on any atom is 0.269 e. The van der Waals surface area contributed by atoms with Gasteiger partial charge in [-0.2, -0.15) is 5.10 Å². The Kier molecular flexibility index (Phi) is 4.41. The smallest absolute Gasteiger partial charge is 0.269 e. The van der Waals surface area contributed by atoms with Gasteiger partial charge in [0.05, 0.1) is 19.3 Å². The molecule has 0 radical (unpaired) electrons. The zero-order valence-corrected chi connectivity index (χ0v) is 14.5. The molecular formula is C20H20N4O2. The zero-order chi connectivity index (χ0) is 17.9. The van der Waals surface area contributed by atoms with Gasteiger partial charge in [0.1, 0.15) is 17.6 Å². The molecule has 1 aliphatic rings. The van der Waals surface area contributed by atoms with Crippen LogP contribution in [-0.2, 0) is 6.54 Å². The summed E-state index contributed by atoms with van der Waals surface area (Å²) in [7, 11) is 1.64. The summed E-state index contributed by atoms with van der Waals surface area (Å²) in [5.41, 5.74) is 3.47. The lowest BCUT2D eigenvalue weighted by Gasteiger charge is -2.25. The molecule has 1 atom stereocenters. The number of fused-ring (bicyclic) bond motifs is 1. The van der Waals surface area contributed by atoms with Crippen LogP contribution in [0.25, 0.3) is 11.3 Å². The van der Waals surface area contributed by atoms with E-state index in [-0.39, 0.29) is 12.1 Å². The number of aromatic nitrogens is 2. The average molecular weight is 348 g/mol. The monoisotopic (exact) mass is 348 g/mol. The molecule has 1 unspecified atom stereocenters. The summed E-state index contributed by atoms with van der Waals surface area (Å²) in [5, 5.41) is 11.1. The second-order valence-electron chi connectivity index (χ2n) is 6.18. The molecule has 1 aromatic heterocycles. The fraction of sp³-hybridized carbons (Fsp3) is 0.200. The van der Waals surface area contributed by atoms with Gasteiger partial charge in [-0.25, -0.2) is 4.68 Å². The molecular weight excluding hydrogens is 328 g/mol. The Bertz CT molecular complexity index is 903. The molecule has 1 amide bonds. The number of benzene rings is 2. The van der Waals surface area contributed by atoms with E-state index in [0.29, 0.717) is 18.8 Å². The molecule has 0 fully saturated rings. The first kappa shape index (κ1) is 16.4. The topological polar surface area (TPSA) is 68.2 Å². The molecule has 6 nitrogen and oxygen atoms in total. The molecule has 0 spiro atoms. The van der Waals surface area contributed by atoms with Crippen LogP contribution >= 0.6 is 0 Å². The van der Waals surface area contributed by atoms with Crippen LogP contribution in [0.3, 0.4) is 0 Å². The molecule has 2 aromatic carbocycles. The molecule has 3 aromatic rings. The van der Waals surface area contributed by atoms with E-state index in [4.69, 9.17) is 4.74 Å². The third-order valence-corrected chi connectivity index (χ3v) is 4.49. The number of rotatable bonds is 5. The van der Waals surface area contributed by atoms with Crippen molar-refractivity contribution >= 4 is 5.91 Å². The summed E-state index contributed by atoms with van der Waals surface area (Å²) < 4.78 is 6.97. The minimum absolute atomic E-state index is 0.0881. The number of amides is 1. The molecule has 26 heavy (non-hydrogen) atoms. The van der Waals surface area contributed by atoms with E-state index in [2.05, 4.69) is 27.9 Å². The SMILES string of the molecule is COc1ccc(-c2cc3n(n2)C(NCc2ccccc2)CNC3=O)cc1. The van der Waals surface area contributed by atoms with Crippen molar-refractivity contribution in [2.75, 3.05) is 13.7 Å². The van der Waals surface area contributed by atoms with Crippen LogP contribution in [0.2, 0.25) is 0 Å². The Balaban J connectivity index is 1.58. The first-order valence-corrected chi connectivity index (χ1v) is 8.54. The van der Waals surface area contributed by atoms with E-state index in [9.17, 15) is 4.79 Å². The van der Waals surface area contributed by atoms with Crippen molar-refractivity contribution < 1.29 is 9.53 Å². The van der Waals surface area contributed by atoms with E-state index in [1.54, 1.807) is 11.8 Å². The van der Waals surface area contributed by atoms with E-state index >= 15 is 0 Å². The number of hydrogen-bond donors (Lipinski definition) is 2. The molecule has 0 bridgehead atoms. The number of methoxy groups -OCH3 is 1. The van der Waals surface area contributed by atoms with Crippen molar-refractivity contribution in [3.63, 3.8) is 0 Å². The molecule has 6 heteroatoms. The Labute approximate surface area is 151 Å². The minimum Gasteiger partial charge on any atom is -0.497 e. The number of carbonyl (C=O) groups is 1. The number of nitrogens with one attached hydrogen (secondary N) is 2. The maximum atomic E-state index is 12.2. The normalized spacial score (nSPS) is 16.0. The van der Waals surface area contributed by atoms with Crippen LogP contribution in [-0.4, -0.2) is 29.3 Å². The van der Waals surface area contributed by atoms with Gasteiger partial charge < -0.3 is 10.1 Å². The van der Waals surface area contributed by atoms with E-state index in [1.165, 1.54) is 5.56 Å². The van der Waals surface area contributed by atoms with Crippen molar-refractivity contribution in [2.24, 2.45) is 0 Å². The van der Waals surface area contributed by atoms with Crippen LogP contribution in [0.15, 0.2) is 60.7 Å². The lowest BCUT2D eigenvalue weighted by Crippen LogP contribution is -2.45. The van der Waals surface area contributed by atoms with Gasteiger partial charge in [0.25, 0.3) is 5.91 Å². The fourth-order valence-electron chi connectivity index (χ4n) is 3.06. The van der Waals surface area contributed by atoms with Gasteiger partial charge in [-0.05, 0) is 35.9 Å². The molecule has 0 aliphatic carbocycles. The van der Waals surface area contributed by atoms with Gasteiger partial charge in [-0.3, -0.25) is 10.1 Å². The predicted molar refractivity (Wildman–Crippen MR) is 98.9 cm³/mol. The van der Waals surface area contributed by atoms with E-state index in [1.807, 2.05) is 48.5 Å². The summed E-state index contributed by atoms with van der Waals surface area (Å²) >= 11 is 0. The molecule has 2 heterocycles. The molecule has 132 valence electrons. The highest BCUT2D eigenvalue weighted by molar-refractivity contribution is 5.94. The van der Waals surface area contributed by atoms with Gasteiger partial charge in [-0.1, -0.05) is 30.3 Å². The van der Waals surface area contributed by atoms with Crippen LogP contribution in [0.4, 0.5) is 0 Å². The Morgan fingerprint density at radius 2 is 1.96 bits per heavy atom. The zero-order valence-electron chi connectivity index (χ0n) is 14.5. The maximum absolute atomic E-state index is 12.2. The fourth-order valence-corrected chi connectivity index (χ4v) is 3.06. The van der Waals surface area contributed by atoms with Gasteiger partial charge >= 0.3 is 0 Å². The highest BCUT2D eigenvalue weighted by Crippen LogP contribution is 2.24. The third kappa shape index (κ3) is 3.19. The third-order valence-electron chi connectivity index (χ3n) is 4.49. The van der Waals surface area contributed by atoms with Gasteiger partial charge in [-0.15, -0.1) is 0 Å². The number of nitrogens with zero attached hydrogens (tertiary/aromatic N) is 2. The Morgan fingerprint density at radius 3 is 2.69 bits per heavy atom. The molecule has 0 saturated carbocycles. The Hall–Kier alpha value is -3.12. The van der Waals surface area contributed by atoms with E-state index in [0.717, 1.165) is 17.0 Å². The molecule has 1 aliphatic heterocycles. The standard InChI is InChI=1S/C20H20N4O2/c1-26-16-9-7-15(8-10-16)17-11-18-20(25)22-13-19(24(18)23-17)21-12-14-5-3-2-4-6-14/h2-11,19,21H,12-13H2,1H3,(H,22,25). The molecule has 2 N–H and O–H groups in total. The van der Waals surface area contributed by atoms with Crippen molar-refractivity contribution in [3.05, 3.63) is 71.9 Å². The van der Waals surface area contributed by atoms with Crippen molar-refractivity contribution in [1.29, 1.82) is 0 Å².